The number of barbiturate groups is 1. The van der Waals surface area contributed by atoms with Gasteiger partial charge in [-0.2, -0.15) is 0 Å². The van der Waals surface area contributed by atoms with E-state index in [2.05, 4.69) is 0 Å². The van der Waals surface area contributed by atoms with Crippen LogP contribution in [0, 0.1) is 10.1 Å². The molecule has 1 heterocycles. The average molecular weight is 372 g/mol. The Morgan fingerprint density at radius 2 is 1.69 bits per heavy atom. The van der Waals surface area contributed by atoms with Crippen molar-refractivity contribution in [2.24, 2.45) is 0 Å². The van der Waals surface area contributed by atoms with Crippen LogP contribution in [0.4, 0.5) is 16.2 Å². The summed E-state index contributed by atoms with van der Waals surface area (Å²) >= 11 is 5.80. The Bertz CT molecular complexity index is 969. The maximum absolute atomic E-state index is 12.7. The quantitative estimate of drug-likeness (QED) is 0.386. The number of nitrogens with zero attached hydrogens (tertiary/aromatic N) is 2. The number of nitrogens with one attached hydrogen (secondary N) is 1. The number of hydrogen-bond acceptors (Lipinski definition) is 5. The highest BCUT2D eigenvalue weighted by atomic mass is 35.5. The van der Waals surface area contributed by atoms with E-state index in [-0.39, 0.29) is 16.9 Å². The topological polar surface area (TPSA) is 110 Å². The molecule has 1 N–H and O–H groups in total. The van der Waals surface area contributed by atoms with Gasteiger partial charge in [-0.3, -0.25) is 25.0 Å². The second-order valence-corrected chi connectivity index (χ2v) is 5.69. The number of para-hydroxylation sites is 1. The van der Waals surface area contributed by atoms with Crippen LogP contribution in [0.15, 0.2) is 54.1 Å². The molecule has 4 amide bonds. The van der Waals surface area contributed by atoms with Gasteiger partial charge >= 0.3 is 6.03 Å². The molecule has 1 fully saturated rings. The predicted octanol–water partition coefficient (Wildman–Crippen LogP) is 2.91. The van der Waals surface area contributed by atoms with E-state index >= 15 is 0 Å². The third kappa shape index (κ3) is 3.17. The number of anilines is 1. The normalized spacial score (nSPS) is 16.0. The van der Waals surface area contributed by atoms with Gasteiger partial charge in [-0.1, -0.05) is 23.7 Å². The zero-order chi connectivity index (χ0) is 18.8. The van der Waals surface area contributed by atoms with Crippen molar-refractivity contribution in [3.63, 3.8) is 0 Å². The van der Waals surface area contributed by atoms with Gasteiger partial charge in [-0.05, 0) is 36.4 Å². The van der Waals surface area contributed by atoms with Gasteiger partial charge in [0.05, 0.1) is 16.2 Å². The van der Waals surface area contributed by atoms with Gasteiger partial charge in [0, 0.05) is 11.1 Å². The molecule has 3 rings (SSSR count). The van der Waals surface area contributed by atoms with E-state index in [1.165, 1.54) is 48.5 Å². The molecule has 0 spiro atoms. The number of carbonyl (C=O) groups is 3. The van der Waals surface area contributed by atoms with Crippen molar-refractivity contribution in [1.29, 1.82) is 0 Å². The minimum absolute atomic E-state index is 0.0707. The van der Waals surface area contributed by atoms with Crippen LogP contribution in [-0.2, 0) is 9.59 Å². The van der Waals surface area contributed by atoms with Crippen LogP contribution in [-0.4, -0.2) is 22.8 Å². The van der Waals surface area contributed by atoms with Crippen molar-refractivity contribution in [2.45, 2.75) is 0 Å². The van der Waals surface area contributed by atoms with Crippen molar-refractivity contribution in [3.05, 3.63) is 74.8 Å². The Morgan fingerprint density at radius 1 is 1.04 bits per heavy atom. The Balaban J connectivity index is 2.06. The molecule has 0 bridgehead atoms. The first-order chi connectivity index (χ1) is 12.4. The molecule has 0 aliphatic carbocycles. The van der Waals surface area contributed by atoms with Crippen LogP contribution in [0.2, 0.25) is 5.02 Å². The Labute approximate surface area is 151 Å². The number of nitro groups is 1. The van der Waals surface area contributed by atoms with Crippen molar-refractivity contribution >= 4 is 46.9 Å². The molecule has 0 atom stereocenters. The summed E-state index contributed by atoms with van der Waals surface area (Å²) in [7, 11) is 0. The standard InChI is InChI=1S/C17H10ClN3O5/c18-11-5-7-12(8-6-11)20-16(23)13(15(22)19-17(20)24)9-10-3-1-2-4-14(10)21(25)26/h1-9H,(H,19,22,24)/b13-9+. The third-order valence-corrected chi connectivity index (χ3v) is 3.87. The zero-order valence-corrected chi connectivity index (χ0v) is 13.8. The molecule has 2 aromatic carbocycles. The zero-order valence-electron chi connectivity index (χ0n) is 13.0. The lowest BCUT2D eigenvalue weighted by Gasteiger charge is -2.26. The van der Waals surface area contributed by atoms with Crippen LogP contribution in [0.1, 0.15) is 5.56 Å². The molecule has 2 aromatic rings. The highest BCUT2D eigenvalue weighted by Gasteiger charge is 2.37. The smallest absolute Gasteiger partial charge is 0.273 e. The molecule has 0 saturated carbocycles. The molecule has 8 nitrogen and oxygen atoms in total. The monoisotopic (exact) mass is 371 g/mol. The lowest BCUT2D eigenvalue weighted by molar-refractivity contribution is -0.385. The number of carbonyl (C=O) groups excluding carboxylic acids is 3. The predicted molar refractivity (Wildman–Crippen MR) is 93.6 cm³/mol. The fourth-order valence-electron chi connectivity index (χ4n) is 2.41. The summed E-state index contributed by atoms with van der Waals surface area (Å²) in [6.07, 6.45) is 1.09. The van der Waals surface area contributed by atoms with Gasteiger partial charge in [0.25, 0.3) is 17.5 Å². The van der Waals surface area contributed by atoms with Gasteiger partial charge in [0.1, 0.15) is 5.57 Å². The number of amides is 4. The molecule has 1 saturated heterocycles. The number of rotatable bonds is 3. The van der Waals surface area contributed by atoms with E-state index in [0.29, 0.717) is 5.02 Å². The number of hydrogen-bond donors (Lipinski definition) is 1. The second kappa shape index (κ2) is 6.77. The summed E-state index contributed by atoms with van der Waals surface area (Å²) in [6, 6.07) is 10.6. The summed E-state index contributed by atoms with van der Waals surface area (Å²) in [5, 5.41) is 13.6. The minimum atomic E-state index is -0.927. The van der Waals surface area contributed by atoms with Crippen LogP contribution < -0.4 is 10.2 Å². The molecule has 9 heteroatoms. The molecule has 1 aliphatic heterocycles. The Morgan fingerprint density at radius 3 is 2.35 bits per heavy atom. The Kier molecular flexibility index (Phi) is 4.51. The summed E-state index contributed by atoms with van der Waals surface area (Å²) in [5.41, 5.74) is -0.386. The fraction of sp³-hybridized carbons (Fsp3) is 0. The number of urea groups is 1. The van der Waals surface area contributed by atoms with E-state index < -0.39 is 28.3 Å². The summed E-state index contributed by atoms with van der Waals surface area (Å²) in [5.74, 6) is -1.82. The first kappa shape index (κ1) is 17.3. The molecular weight excluding hydrogens is 362 g/mol. The number of nitro benzene ring substituents is 1. The summed E-state index contributed by atoms with van der Waals surface area (Å²) in [6.45, 7) is 0. The molecule has 0 aromatic heterocycles. The van der Waals surface area contributed by atoms with E-state index in [0.717, 1.165) is 11.0 Å². The fourth-order valence-corrected chi connectivity index (χ4v) is 2.54. The van der Waals surface area contributed by atoms with E-state index in [1.807, 2.05) is 5.32 Å². The lowest BCUT2D eigenvalue weighted by atomic mass is 10.1. The number of halogens is 1. The molecular formula is C17H10ClN3O5. The van der Waals surface area contributed by atoms with Crippen LogP contribution in [0.25, 0.3) is 6.08 Å². The SMILES string of the molecule is O=C1NC(=O)N(c2ccc(Cl)cc2)C(=O)/C1=C/c1ccccc1[N+](=O)[O-]. The van der Waals surface area contributed by atoms with E-state index in [9.17, 15) is 24.5 Å². The highest BCUT2D eigenvalue weighted by Crippen LogP contribution is 2.26. The van der Waals surface area contributed by atoms with Crippen molar-refractivity contribution in [1.82, 2.24) is 5.32 Å². The number of benzene rings is 2. The average Bonchev–Trinajstić information content (AvgIpc) is 2.60. The number of imide groups is 2. The molecule has 26 heavy (non-hydrogen) atoms. The second-order valence-electron chi connectivity index (χ2n) is 5.25. The molecule has 1 aliphatic rings. The van der Waals surface area contributed by atoms with Crippen molar-refractivity contribution in [2.75, 3.05) is 4.90 Å². The largest absolute Gasteiger partial charge is 0.335 e. The highest BCUT2D eigenvalue weighted by molar-refractivity contribution is 6.39. The minimum Gasteiger partial charge on any atom is -0.273 e. The molecule has 130 valence electrons. The van der Waals surface area contributed by atoms with Crippen LogP contribution in [0.3, 0.4) is 0 Å². The van der Waals surface area contributed by atoms with Crippen LogP contribution >= 0.6 is 11.6 Å². The van der Waals surface area contributed by atoms with Gasteiger partial charge in [-0.15, -0.1) is 0 Å². The van der Waals surface area contributed by atoms with E-state index in [4.69, 9.17) is 11.6 Å². The van der Waals surface area contributed by atoms with Gasteiger partial charge in [0.2, 0.25) is 0 Å². The first-order valence-electron chi connectivity index (χ1n) is 7.29. The first-order valence-corrected chi connectivity index (χ1v) is 7.66. The van der Waals surface area contributed by atoms with E-state index in [1.54, 1.807) is 0 Å². The summed E-state index contributed by atoms with van der Waals surface area (Å²) < 4.78 is 0. The van der Waals surface area contributed by atoms with Gasteiger partial charge in [0.15, 0.2) is 0 Å². The van der Waals surface area contributed by atoms with Gasteiger partial charge in [-0.25, -0.2) is 9.69 Å². The van der Waals surface area contributed by atoms with Gasteiger partial charge < -0.3 is 0 Å². The van der Waals surface area contributed by atoms with Crippen LogP contribution in [0.5, 0.6) is 0 Å². The molecule has 0 radical (unpaired) electrons. The van der Waals surface area contributed by atoms with Crippen molar-refractivity contribution < 1.29 is 19.3 Å². The summed E-state index contributed by atoms with van der Waals surface area (Å²) in [4.78, 5) is 48.1. The maximum atomic E-state index is 12.7. The van der Waals surface area contributed by atoms with Crippen molar-refractivity contribution in [3.8, 4) is 0 Å². The maximum Gasteiger partial charge on any atom is 0.335 e. The lowest BCUT2D eigenvalue weighted by Crippen LogP contribution is -2.54. The third-order valence-electron chi connectivity index (χ3n) is 3.62. The molecule has 0 unspecified atom stereocenters. The Hall–Kier alpha value is -3.52.